The number of halogens is 1. The molecule has 118 valence electrons. The highest BCUT2D eigenvalue weighted by Gasteiger charge is 2.23. The van der Waals surface area contributed by atoms with E-state index >= 15 is 0 Å². The Morgan fingerprint density at radius 2 is 2.05 bits per heavy atom. The lowest BCUT2D eigenvalue weighted by atomic mass is 10.0. The van der Waals surface area contributed by atoms with Crippen molar-refractivity contribution >= 4 is 18.4 Å². The van der Waals surface area contributed by atoms with Crippen LogP contribution in [0.1, 0.15) is 25.7 Å². The normalized spacial score (nSPS) is 18.6. The Bertz CT molecular complexity index is 413. The van der Waals surface area contributed by atoms with E-state index in [1.54, 1.807) is 0 Å². The van der Waals surface area contributed by atoms with Crippen molar-refractivity contribution < 1.29 is 14.3 Å². The smallest absolute Gasteiger partial charge is 0.306 e. The van der Waals surface area contributed by atoms with Gasteiger partial charge in [0, 0.05) is 12.6 Å². The van der Waals surface area contributed by atoms with Gasteiger partial charge in [0.25, 0.3) is 0 Å². The van der Waals surface area contributed by atoms with Crippen molar-refractivity contribution in [3.05, 3.63) is 30.3 Å². The molecule has 0 aromatic heterocycles. The van der Waals surface area contributed by atoms with Gasteiger partial charge in [0.2, 0.25) is 0 Å². The summed E-state index contributed by atoms with van der Waals surface area (Å²) in [4.78, 5) is 13.6. The van der Waals surface area contributed by atoms with Crippen molar-refractivity contribution in [2.24, 2.45) is 0 Å². The predicted molar refractivity (Wildman–Crippen MR) is 85.0 cm³/mol. The quantitative estimate of drug-likeness (QED) is 0.757. The highest BCUT2D eigenvalue weighted by atomic mass is 35.5. The molecule has 2 rings (SSSR count). The van der Waals surface area contributed by atoms with Crippen molar-refractivity contribution in [2.45, 2.75) is 31.7 Å². The second kappa shape index (κ2) is 9.64. The zero-order valence-electron chi connectivity index (χ0n) is 12.5. The molecule has 1 aromatic carbocycles. The van der Waals surface area contributed by atoms with Crippen LogP contribution in [0.3, 0.4) is 0 Å². The molecule has 5 heteroatoms. The molecule has 0 spiro atoms. The van der Waals surface area contributed by atoms with Crippen LogP contribution >= 0.6 is 12.4 Å². The van der Waals surface area contributed by atoms with Gasteiger partial charge < -0.3 is 9.47 Å². The van der Waals surface area contributed by atoms with Gasteiger partial charge in [-0.25, -0.2) is 0 Å². The van der Waals surface area contributed by atoms with E-state index in [1.807, 2.05) is 30.3 Å². The summed E-state index contributed by atoms with van der Waals surface area (Å²) in [5, 5.41) is 0. The van der Waals surface area contributed by atoms with Crippen LogP contribution in [0.5, 0.6) is 5.75 Å². The summed E-state index contributed by atoms with van der Waals surface area (Å²) in [6.45, 7) is 2.49. The third-order valence-corrected chi connectivity index (χ3v) is 3.77. The molecule has 21 heavy (non-hydrogen) atoms. The lowest BCUT2D eigenvalue weighted by molar-refractivity contribution is -0.141. The van der Waals surface area contributed by atoms with E-state index in [9.17, 15) is 4.79 Å². The Kier molecular flexibility index (Phi) is 8.16. The first kappa shape index (κ1) is 17.8. The molecule has 0 aliphatic carbocycles. The number of nitrogens with zero attached hydrogens (tertiary/aromatic N) is 1. The van der Waals surface area contributed by atoms with Crippen LogP contribution in [0.25, 0.3) is 0 Å². The molecule has 0 saturated carbocycles. The summed E-state index contributed by atoms with van der Waals surface area (Å²) in [6.07, 6.45) is 4.02. The summed E-state index contributed by atoms with van der Waals surface area (Å²) < 4.78 is 10.6. The molecule has 1 aliphatic rings. The fourth-order valence-corrected chi connectivity index (χ4v) is 2.59. The number of benzene rings is 1. The number of likely N-dealkylation sites (tertiary alicyclic amines) is 1. The van der Waals surface area contributed by atoms with Crippen LogP contribution < -0.4 is 4.74 Å². The molecule has 1 heterocycles. The Morgan fingerprint density at radius 3 is 2.76 bits per heavy atom. The number of rotatable bonds is 6. The van der Waals surface area contributed by atoms with Crippen molar-refractivity contribution in [1.82, 2.24) is 4.90 Å². The van der Waals surface area contributed by atoms with Crippen molar-refractivity contribution in [3.63, 3.8) is 0 Å². The molecular weight excluding hydrogens is 290 g/mol. The Morgan fingerprint density at radius 1 is 1.29 bits per heavy atom. The van der Waals surface area contributed by atoms with Gasteiger partial charge in [-0.05, 0) is 31.5 Å². The maximum absolute atomic E-state index is 11.3. The van der Waals surface area contributed by atoms with Gasteiger partial charge in [0.1, 0.15) is 12.4 Å². The second-order valence-corrected chi connectivity index (χ2v) is 5.14. The minimum atomic E-state index is -0.140. The number of methoxy groups -OCH3 is 1. The second-order valence-electron chi connectivity index (χ2n) is 5.14. The van der Waals surface area contributed by atoms with Gasteiger partial charge in [-0.2, -0.15) is 0 Å². The summed E-state index contributed by atoms with van der Waals surface area (Å²) >= 11 is 0. The fourth-order valence-electron chi connectivity index (χ4n) is 2.59. The van der Waals surface area contributed by atoms with Crippen molar-refractivity contribution in [1.29, 1.82) is 0 Å². The van der Waals surface area contributed by atoms with E-state index in [2.05, 4.69) is 4.90 Å². The lowest BCUT2D eigenvalue weighted by Crippen LogP contribution is -2.44. The van der Waals surface area contributed by atoms with Crippen LogP contribution in [-0.4, -0.2) is 43.7 Å². The zero-order valence-corrected chi connectivity index (χ0v) is 13.3. The number of ether oxygens (including phenoxy) is 2. The van der Waals surface area contributed by atoms with E-state index in [4.69, 9.17) is 9.47 Å². The molecule has 0 N–H and O–H groups in total. The Labute approximate surface area is 132 Å². The largest absolute Gasteiger partial charge is 0.492 e. The number of carbonyl (C=O) groups is 1. The summed E-state index contributed by atoms with van der Waals surface area (Å²) in [7, 11) is 1.44. The molecule has 0 amide bonds. The van der Waals surface area contributed by atoms with Gasteiger partial charge >= 0.3 is 5.97 Å². The van der Waals surface area contributed by atoms with E-state index < -0.39 is 0 Å². The van der Waals surface area contributed by atoms with E-state index in [-0.39, 0.29) is 18.4 Å². The van der Waals surface area contributed by atoms with E-state index in [0.29, 0.717) is 19.1 Å². The molecule has 1 fully saturated rings. The average molecular weight is 314 g/mol. The van der Waals surface area contributed by atoms with E-state index in [0.717, 1.165) is 25.3 Å². The average Bonchev–Trinajstić information content (AvgIpc) is 2.52. The first-order valence-corrected chi connectivity index (χ1v) is 7.28. The molecule has 1 atom stereocenters. The molecule has 1 unspecified atom stereocenters. The molecule has 1 aromatic rings. The molecule has 1 aliphatic heterocycles. The zero-order chi connectivity index (χ0) is 14.2. The Balaban J connectivity index is 0.00000220. The fraction of sp³-hybridized carbons (Fsp3) is 0.562. The third-order valence-electron chi connectivity index (χ3n) is 3.77. The third kappa shape index (κ3) is 5.94. The lowest BCUT2D eigenvalue weighted by Gasteiger charge is -2.35. The Hall–Kier alpha value is -1.26. The number of esters is 1. The van der Waals surface area contributed by atoms with Crippen LogP contribution in [0.2, 0.25) is 0 Å². The number of carbonyl (C=O) groups excluding carboxylic acids is 1. The monoisotopic (exact) mass is 313 g/mol. The molecule has 0 bridgehead atoms. The topological polar surface area (TPSA) is 38.8 Å². The SMILES string of the molecule is COC(=O)CCN1CCCCC1COc1ccccc1.Cl. The minimum Gasteiger partial charge on any atom is -0.492 e. The van der Waals surface area contributed by atoms with Gasteiger partial charge in [0.05, 0.1) is 13.5 Å². The van der Waals surface area contributed by atoms with Gasteiger partial charge in [-0.1, -0.05) is 24.6 Å². The predicted octanol–water partition coefficient (Wildman–Crippen LogP) is 2.90. The standard InChI is InChI=1S/C16H23NO3.ClH/c1-19-16(18)10-12-17-11-6-5-7-14(17)13-20-15-8-3-2-4-9-15;/h2-4,8-9,14H,5-7,10-13H2,1H3;1H. The maximum Gasteiger partial charge on any atom is 0.306 e. The van der Waals surface area contributed by atoms with E-state index in [1.165, 1.54) is 20.0 Å². The highest BCUT2D eigenvalue weighted by molar-refractivity contribution is 5.85. The first-order chi connectivity index (χ1) is 9.79. The number of hydrogen-bond acceptors (Lipinski definition) is 4. The van der Waals surface area contributed by atoms with Gasteiger partial charge in [-0.15, -0.1) is 12.4 Å². The first-order valence-electron chi connectivity index (χ1n) is 7.28. The minimum absolute atomic E-state index is 0. The van der Waals surface area contributed by atoms with Crippen LogP contribution in [0, 0.1) is 0 Å². The highest BCUT2D eigenvalue weighted by Crippen LogP contribution is 2.19. The van der Waals surface area contributed by atoms with Gasteiger partial charge in [-0.3, -0.25) is 9.69 Å². The van der Waals surface area contributed by atoms with Crippen molar-refractivity contribution in [3.8, 4) is 5.75 Å². The molecule has 4 nitrogen and oxygen atoms in total. The van der Waals surface area contributed by atoms with Crippen molar-refractivity contribution in [2.75, 3.05) is 26.8 Å². The van der Waals surface area contributed by atoms with Gasteiger partial charge in [0.15, 0.2) is 0 Å². The summed E-state index contributed by atoms with van der Waals surface area (Å²) in [5.41, 5.74) is 0. The number of para-hydroxylation sites is 1. The van der Waals surface area contributed by atoms with Crippen LogP contribution in [-0.2, 0) is 9.53 Å². The maximum atomic E-state index is 11.3. The molecular formula is C16H24ClNO3. The molecule has 1 saturated heterocycles. The molecule has 0 radical (unpaired) electrons. The number of hydrogen-bond donors (Lipinski definition) is 0. The number of piperidine rings is 1. The van der Waals surface area contributed by atoms with Crippen LogP contribution in [0.4, 0.5) is 0 Å². The summed E-state index contributed by atoms with van der Waals surface area (Å²) in [5.74, 6) is 0.768. The van der Waals surface area contributed by atoms with Crippen LogP contribution in [0.15, 0.2) is 30.3 Å². The summed E-state index contributed by atoms with van der Waals surface area (Å²) in [6, 6.07) is 10.3.